The molecule has 1 heterocycles. The van der Waals surface area contributed by atoms with Crippen LogP contribution in [0.5, 0.6) is 5.75 Å². The van der Waals surface area contributed by atoms with Crippen LogP contribution in [0.3, 0.4) is 0 Å². The number of rotatable bonds is 3. The monoisotopic (exact) mass is 289 g/mol. The van der Waals surface area contributed by atoms with Crippen LogP contribution in [0, 0.1) is 5.92 Å². The van der Waals surface area contributed by atoms with E-state index in [1.54, 1.807) is 0 Å². The van der Waals surface area contributed by atoms with E-state index in [4.69, 9.17) is 9.47 Å². The Morgan fingerprint density at radius 3 is 2.81 bits per heavy atom. The highest BCUT2D eigenvalue weighted by Crippen LogP contribution is 2.41. The topological polar surface area (TPSA) is 30.5 Å². The molecule has 0 radical (unpaired) electrons. The lowest BCUT2D eigenvalue weighted by molar-refractivity contribution is -0.140. The van der Waals surface area contributed by atoms with Crippen LogP contribution in [0.25, 0.3) is 0 Å². The highest BCUT2D eigenvalue weighted by Gasteiger charge is 2.40. The summed E-state index contributed by atoms with van der Waals surface area (Å²) in [5.41, 5.74) is 1.22. The second-order valence-electron chi connectivity index (χ2n) is 6.57. The van der Waals surface area contributed by atoms with Gasteiger partial charge < -0.3 is 14.8 Å². The van der Waals surface area contributed by atoms with Gasteiger partial charge in [0.25, 0.3) is 0 Å². The predicted octanol–water partition coefficient (Wildman–Crippen LogP) is 3.70. The third-order valence-corrected chi connectivity index (χ3v) is 4.92. The predicted molar refractivity (Wildman–Crippen MR) is 84.7 cm³/mol. The molecule has 0 aromatic heterocycles. The van der Waals surface area contributed by atoms with Gasteiger partial charge >= 0.3 is 0 Å². The maximum atomic E-state index is 6.59. The van der Waals surface area contributed by atoms with E-state index >= 15 is 0 Å². The van der Waals surface area contributed by atoms with E-state index in [1.165, 1.54) is 31.2 Å². The zero-order chi connectivity index (χ0) is 14.7. The summed E-state index contributed by atoms with van der Waals surface area (Å²) >= 11 is 0. The number of nitrogens with one attached hydrogen (secondary N) is 1. The van der Waals surface area contributed by atoms with Crippen molar-refractivity contribution >= 4 is 0 Å². The molecule has 1 N–H and O–H groups in total. The normalized spacial score (nSPS) is 33.0. The van der Waals surface area contributed by atoms with Crippen molar-refractivity contribution in [1.29, 1.82) is 0 Å². The van der Waals surface area contributed by atoms with Crippen LogP contribution in [-0.2, 0) is 4.74 Å². The smallest absolute Gasteiger partial charge is 0.125 e. The minimum atomic E-state index is 0.0365. The molecule has 2 fully saturated rings. The lowest BCUT2D eigenvalue weighted by Gasteiger charge is -2.45. The van der Waals surface area contributed by atoms with E-state index in [9.17, 15) is 0 Å². The lowest BCUT2D eigenvalue weighted by atomic mass is 9.78. The van der Waals surface area contributed by atoms with Gasteiger partial charge in [0, 0.05) is 18.7 Å². The van der Waals surface area contributed by atoms with E-state index < -0.39 is 0 Å². The van der Waals surface area contributed by atoms with Crippen molar-refractivity contribution < 1.29 is 9.47 Å². The number of para-hydroxylation sites is 1. The average molecular weight is 289 g/mol. The van der Waals surface area contributed by atoms with E-state index in [2.05, 4.69) is 24.4 Å². The summed E-state index contributed by atoms with van der Waals surface area (Å²) in [4.78, 5) is 0. The maximum Gasteiger partial charge on any atom is 0.125 e. The third kappa shape index (κ3) is 3.24. The molecule has 3 rings (SSSR count). The summed E-state index contributed by atoms with van der Waals surface area (Å²) in [5.74, 6) is 1.81. The first kappa shape index (κ1) is 14.9. The van der Waals surface area contributed by atoms with Crippen molar-refractivity contribution in [3.63, 3.8) is 0 Å². The van der Waals surface area contributed by atoms with Crippen molar-refractivity contribution in [3.8, 4) is 5.75 Å². The highest BCUT2D eigenvalue weighted by molar-refractivity contribution is 5.35. The second-order valence-corrected chi connectivity index (χ2v) is 6.57. The molecule has 3 nitrogen and oxygen atoms in total. The summed E-state index contributed by atoms with van der Waals surface area (Å²) in [6, 6.07) is 8.29. The lowest BCUT2D eigenvalue weighted by Crippen LogP contribution is -2.52. The maximum absolute atomic E-state index is 6.59. The summed E-state index contributed by atoms with van der Waals surface area (Å²) in [6.07, 6.45) is 5.02. The Hall–Kier alpha value is -1.06. The van der Waals surface area contributed by atoms with Crippen molar-refractivity contribution in [2.45, 2.75) is 51.2 Å². The van der Waals surface area contributed by atoms with E-state index in [0.29, 0.717) is 6.61 Å². The molecule has 1 atom stereocenters. The van der Waals surface area contributed by atoms with E-state index in [0.717, 1.165) is 24.8 Å². The van der Waals surface area contributed by atoms with Gasteiger partial charge in [-0.05, 0) is 44.6 Å². The molecule has 1 aliphatic heterocycles. The first-order chi connectivity index (χ1) is 10.2. The molecular formula is C18H27NO2. The van der Waals surface area contributed by atoms with Crippen LogP contribution in [-0.4, -0.2) is 25.3 Å². The van der Waals surface area contributed by atoms with Crippen LogP contribution in [0.1, 0.15) is 51.2 Å². The first-order valence-corrected chi connectivity index (χ1v) is 8.33. The Kier molecular flexibility index (Phi) is 4.51. The fourth-order valence-corrected chi connectivity index (χ4v) is 3.61. The van der Waals surface area contributed by atoms with E-state index in [1.807, 2.05) is 19.1 Å². The van der Waals surface area contributed by atoms with Gasteiger partial charge in [-0.2, -0.15) is 0 Å². The fourth-order valence-electron chi connectivity index (χ4n) is 3.61. The van der Waals surface area contributed by atoms with Gasteiger partial charge in [-0.3, -0.25) is 0 Å². The molecule has 1 spiro atoms. The minimum absolute atomic E-state index is 0.0365. The first-order valence-electron chi connectivity index (χ1n) is 8.33. The minimum Gasteiger partial charge on any atom is -0.493 e. The van der Waals surface area contributed by atoms with Crippen molar-refractivity contribution in [2.24, 2.45) is 5.92 Å². The van der Waals surface area contributed by atoms with Gasteiger partial charge in [-0.1, -0.05) is 25.1 Å². The van der Waals surface area contributed by atoms with Crippen LogP contribution in [0.15, 0.2) is 24.3 Å². The highest BCUT2D eigenvalue weighted by atomic mass is 16.5. The Labute approximate surface area is 128 Å². The molecule has 0 bridgehead atoms. The quantitative estimate of drug-likeness (QED) is 0.920. The summed E-state index contributed by atoms with van der Waals surface area (Å²) in [7, 11) is 0. The summed E-state index contributed by atoms with van der Waals surface area (Å²) in [6.45, 7) is 6.94. The standard InChI is InChI=1S/C18H27NO2/c1-3-20-16-7-5-4-6-15(16)17-12-19-13-18(21-17)10-8-14(2)9-11-18/h4-7,14,17,19H,3,8-13H2,1-2H3. The molecule has 1 unspecified atom stereocenters. The van der Waals surface area contributed by atoms with Crippen molar-refractivity contribution in [1.82, 2.24) is 5.32 Å². The van der Waals surface area contributed by atoms with Crippen LogP contribution in [0.4, 0.5) is 0 Å². The molecule has 0 amide bonds. The van der Waals surface area contributed by atoms with Crippen LogP contribution < -0.4 is 10.1 Å². The van der Waals surface area contributed by atoms with Crippen LogP contribution >= 0.6 is 0 Å². The summed E-state index contributed by atoms with van der Waals surface area (Å²) in [5, 5.41) is 3.60. The van der Waals surface area contributed by atoms with Crippen LogP contribution in [0.2, 0.25) is 0 Å². The van der Waals surface area contributed by atoms with Gasteiger partial charge in [-0.15, -0.1) is 0 Å². The average Bonchev–Trinajstić information content (AvgIpc) is 2.52. The number of hydrogen-bond donors (Lipinski definition) is 1. The molecule has 116 valence electrons. The fraction of sp³-hybridized carbons (Fsp3) is 0.667. The van der Waals surface area contributed by atoms with E-state index in [-0.39, 0.29) is 11.7 Å². The Balaban J connectivity index is 1.77. The molecule has 1 aliphatic carbocycles. The molecule has 1 aromatic rings. The summed E-state index contributed by atoms with van der Waals surface area (Å²) < 4.78 is 12.4. The van der Waals surface area contributed by atoms with Gasteiger partial charge in [-0.25, -0.2) is 0 Å². The zero-order valence-corrected chi connectivity index (χ0v) is 13.2. The van der Waals surface area contributed by atoms with Crippen molar-refractivity contribution in [2.75, 3.05) is 19.7 Å². The number of benzene rings is 1. The van der Waals surface area contributed by atoms with Gasteiger partial charge in [0.2, 0.25) is 0 Å². The van der Waals surface area contributed by atoms with Crippen molar-refractivity contribution in [3.05, 3.63) is 29.8 Å². The Morgan fingerprint density at radius 1 is 1.29 bits per heavy atom. The van der Waals surface area contributed by atoms with Gasteiger partial charge in [0.1, 0.15) is 5.75 Å². The molecular weight excluding hydrogens is 262 g/mol. The second kappa shape index (κ2) is 6.37. The number of morpholine rings is 1. The molecule has 21 heavy (non-hydrogen) atoms. The molecule has 2 aliphatic rings. The largest absolute Gasteiger partial charge is 0.493 e. The SMILES string of the molecule is CCOc1ccccc1C1CNCC2(CCC(C)CC2)O1. The van der Waals surface area contributed by atoms with Gasteiger partial charge in [0.05, 0.1) is 18.3 Å². The number of ether oxygens (including phenoxy) is 2. The molecule has 1 aromatic carbocycles. The van der Waals surface area contributed by atoms with Gasteiger partial charge in [0.15, 0.2) is 0 Å². The third-order valence-electron chi connectivity index (χ3n) is 4.92. The zero-order valence-electron chi connectivity index (χ0n) is 13.2. The Bertz CT molecular complexity index is 466. The Morgan fingerprint density at radius 2 is 2.05 bits per heavy atom. The number of hydrogen-bond acceptors (Lipinski definition) is 3. The molecule has 3 heteroatoms. The molecule has 1 saturated carbocycles. The molecule has 1 saturated heterocycles.